The predicted octanol–water partition coefficient (Wildman–Crippen LogP) is 2.39. The van der Waals surface area contributed by atoms with E-state index < -0.39 is 11.8 Å². The Bertz CT molecular complexity index is 325. The van der Waals surface area contributed by atoms with Gasteiger partial charge in [0.1, 0.15) is 5.82 Å². The van der Waals surface area contributed by atoms with Gasteiger partial charge in [-0.15, -0.1) is 0 Å². The molecule has 0 aliphatic heterocycles. The molecule has 0 atom stereocenters. The van der Waals surface area contributed by atoms with Crippen LogP contribution in [0.3, 0.4) is 0 Å². The molecule has 1 rings (SSSR count). The molecule has 1 aromatic rings. The standard InChI is InChI=1S/C9H9FO2S/c1-13-5-7-3-2-6(9(11)12)4-8(7)10/h2-4H,5H2,1H3,(H,11,12). The van der Waals surface area contributed by atoms with E-state index >= 15 is 0 Å². The minimum atomic E-state index is -1.10. The van der Waals surface area contributed by atoms with E-state index in [0.29, 0.717) is 11.3 Å². The minimum Gasteiger partial charge on any atom is -0.478 e. The van der Waals surface area contributed by atoms with Crippen LogP contribution in [0.5, 0.6) is 0 Å². The first-order valence-electron chi connectivity index (χ1n) is 3.66. The van der Waals surface area contributed by atoms with Crippen molar-refractivity contribution in [2.45, 2.75) is 5.75 Å². The van der Waals surface area contributed by atoms with Crippen LogP contribution in [0.4, 0.5) is 4.39 Å². The van der Waals surface area contributed by atoms with Crippen molar-refractivity contribution in [3.05, 3.63) is 35.1 Å². The van der Waals surface area contributed by atoms with Crippen molar-refractivity contribution in [1.29, 1.82) is 0 Å². The summed E-state index contributed by atoms with van der Waals surface area (Å²) in [6.07, 6.45) is 1.87. The molecule has 4 heteroatoms. The Labute approximate surface area is 79.8 Å². The Balaban J connectivity index is 2.98. The SMILES string of the molecule is CSCc1ccc(C(=O)O)cc1F. The largest absolute Gasteiger partial charge is 0.478 e. The molecule has 0 saturated carbocycles. The zero-order valence-corrected chi connectivity index (χ0v) is 7.90. The Morgan fingerprint density at radius 3 is 2.77 bits per heavy atom. The molecule has 0 heterocycles. The van der Waals surface area contributed by atoms with Crippen LogP contribution < -0.4 is 0 Å². The fourth-order valence-electron chi connectivity index (χ4n) is 0.953. The van der Waals surface area contributed by atoms with Crippen LogP contribution in [0.15, 0.2) is 18.2 Å². The van der Waals surface area contributed by atoms with E-state index in [0.717, 1.165) is 6.07 Å². The lowest BCUT2D eigenvalue weighted by Crippen LogP contribution is -1.98. The summed E-state index contributed by atoms with van der Waals surface area (Å²) < 4.78 is 13.1. The van der Waals surface area contributed by atoms with E-state index in [-0.39, 0.29) is 5.56 Å². The molecule has 1 N–H and O–H groups in total. The third-order valence-corrected chi connectivity index (χ3v) is 2.20. The monoisotopic (exact) mass is 200 g/mol. The van der Waals surface area contributed by atoms with E-state index in [1.165, 1.54) is 23.9 Å². The molecule has 70 valence electrons. The average Bonchev–Trinajstić information content (AvgIpc) is 2.08. The van der Waals surface area contributed by atoms with Crippen LogP contribution >= 0.6 is 11.8 Å². The maximum atomic E-state index is 13.1. The van der Waals surface area contributed by atoms with E-state index in [2.05, 4.69) is 0 Å². The molecule has 0 unspecified atom stereocenters. The van der Waals surface area contributed by atoms with Crippen molar-refractivity contribution in [2.24, 2.45) is 0 Å². The van der Waals surface area contributed by atoms with Crippen molar-refractivity contribution in [3.8, 4) is 0 Å². The van der Waals surface area contributed by atoms with Crippen molar-refractivity contribution >= 4 is 17.7 Å². The Hall–Kier alpha value is -1.03. The number of thioether (sulfide) groups is 1. The summed E-state index contributed by atoms with van der Waals surface area (Å²) >= 11 is 1.50. The first-order chi connectivity index (χ1) is 6.15. The van der Waals surface area contributed by atoms with Crippen molar-refractivity contribution in [3.63, 3.8) is 0 Å². The molecule has 0 saturated heterocycles. The lowest BCUT2D eigenvalue weighted by atomic mass is 10.1. The highest BCUT2D eigenvalue weighted by molar-refractivity contribution is 7.97. The highest BCUT2D eigenvalue weighted by Crippen LogP contribution is 2.15. The van der Waals surface area contributed by atoms with Gasteiger partial charge in [-0.1, -0.05) is 6.07 Å². The molecule has 13 heavy (non-hydrogen) atoms. The molecule has 0 bridgehead atoms. The summed E-state index contributed by atoms with van der Waals surface area (Å²) in [6.45, 7) is 0. The minimum absolute atomic E-state index is 0.0117. The lowest BCUT2D eigenvalue weighted by molar-refractivity contribution is 0.0696. The van der Waals surface area contributed by atoms with Crippen LogP contribution in [0, 0.1) is 5.82 Å². The molecule has 0 fully saturated rings. The summed E-state index contributed by atoms with van der Waals surface area (Å²) in [7, 11) is 0. The Morgan fingerprint density at radius 2 is 2.31 bits per heavy atom. The molecule has 0 aromatic heterocycles. The molecule has 0 aliphatic rings. The average molecular weight is 200 g/mol. The number of rotatable bonds is 3. The molecule has 0 spiro atoms. The number of aromatic carboxylic acids is 1. The Kier molecular flexibility index (Phi) is 3.31. The number of carbonyl (C=O) groups is 1. The quantitative estimate of drug-likeness (QED) is 0.814. The summed E-state index contributed by atoms with van der Waals surface area (Å²) in [5.74, 6) is -0.991. The molecular weight excluding hydrogens is 191 g/mol. The van der Waals surface area contributed by atoms with Gasteiger partial charge in [-0.2, -0.15) is 11.8 Å². The summed E-state index contributed by atoms with van der Waals surface area (Å²) in [5, 5.41) is 8.56. The predicted molar refractivity (Wildman–Crippen MR) is 50.6 cm³/mol. The van der Waals surface area contributed by atoms with Gasteiger partial charge in [-0.05, 0) is 24.0 Å². The molecule has 2 nitrogen and oxygen atoms in total. The first kappa shape index (κ1) is 10.1. The van der Waals surface area contributed by atoms with E-state index in [4.69, 9.17) is 5.11 Å². The number of halogens is 1. The number of carboxylic acid groups (broad SMARTS) is 1. The Morgan fingerprint density at radius 1 is 1.62 bits per heavy atom. The maximum absolute atomic E-state index is 13.1. The maximum Gasteiger partial charge on any atom is 0.335 e. The first-order valence-corrected chi connectivity index (χ1v) is 5.05. The highest BCUT2D eigenvalue weighted by Gasteiger charge is 2.07. The number of hydrogen-bond donors (Lipinski definition) is 1. The number of hydrogen-bond acceptors (Lipinski definition) is 2. The third kappa shape index (κ3) is 2.45. The van der Waals surface area contributed by atoms with E-state index in [9.17, 15) is 9.18 Å². The van der Waals surface area contributed by atoms with Crippen LogP contribution in [0.25, 0.3) is 0 Å². The topological polar surface area (TPSA) is 37.3 Å². The van der Waals surface area contributed by atoms with Crippen LogP contribution in [0.2, 0.25) is 0 Å². The number of carboxylic acids is 1. The van der Waals surface area contributed by atoms with Gasteiger partial charge in [0.25, 0.3) is 0 Å². The van der Waals surface area contributed by atoms with Crippen molar-refractivity contribution in [1.82, 2.24) is 0 Å². The fraction of sp³-hybridized carbons (Fsp3) is 0.222. The molecule has 0 amide bonds. The summed E-state index contributed by atoms with van der Waals surface area (Å²) in [4.78, 5) is 10.5. The normalized spacial score (nSPS) is 10.0. The zero-order valence-electron chi connectivity index (χ0n) is 7.08. The summed E-state index contributed by atoms with van der Waals surface area (Å²) in [6, 6.07) is 3.97. The molecular formula is C9H9FO2S. The van der Waals surface area contributed by atoms with E-state index in [1.807, 2.05) is 6.26 Å². The molecule has 0 aliphatic carbocycles. The van der Waals surface area contributed by atoms with Crippen LogP contribution in [-0.4, -0.2) is 17.3 Å². The summed E-state index contributed by atoms with van der Waals surface area (Å²) in [5.41, 5.74) is 0.528. The van der Waals surface area contributed by atoms with Crippen molar-refractivity contribution in [2.75, 3.05) is 6.26 Å². The number of benzene rings is 1. The molecule has 0 radical (unpaired) electrons. The van der Waals surface area contributed by atoms with Gasteiger partial charge in [-0.3, -0.25) is 0 Å². The van der Waals surface area contributed by atoms with Crippen LogP contribution in [0.1, 0.15) is 15.9 Å². The lowest BCUT2D eigenvalue weighted by Gasteiger charge is -2.01. The van der Waals surface area contributed by atoms with Gasteiger partial charge in [0.2, 0.25) is 0 Å². The second-order valence-corrected chi connectivity index (χ2v) is 3.41. The fourth-order valence-corrected chi connectivity index (χ4v) is 1.50. The smallest absolute Gasteiger partial charge is 0.335 e. The van der Waals surface area contributed by atoms with Gasteiger partial charge >= 0.3 is 5.97 Å². The van der Waals surface area contributed by atoms with Gasteiger partial charge in [-0.25, -0.2) is 9.18 Å². The van der Waals surface area contributed by atoms with Crippen molar-refractivity contribution < 1.29 is 14.3 Å². The van der Waals surface area contributed by atoms with Gasteiger partial charge < -0.3 is 5.11 Å². The van der Waals surface area contributed by atoms with Gasteiger partial charge in [0.15, 0.2) is 0 Å². The highest BCUT2D eigenvalue weighted by atomic mass is 32.2. The second kappa shape index (κ2) is 4.28. The third-order valence-electron chi connectivity index (χ3n) is 1.60. The van der Waals surface area contributed by atoms with Crippen LogP contribution in [-0.2, 0) is 5.75 Å². The van der Waals surface area contributed by atoms with E-state index in [1.54, 1.807) is 0 Å². The van der Waals surface area contributed by atoms with Gasteiger partial charge in [0.05, 0.1) is 5.56 Å². The zero-order chi connectivity index (χ0) is 9.84. The van der Waals surface area contributed by atoms with Gasteiger partial charge in [0, 0.05) is 5.75 Å². The molecule has 1 aromatic carbocycles. The second-order valence-electron chi connectivity index (χ2n) is 2.54.